The van der Waals surface area contributed by atoms with Crippen molar-refractivity contribution in [1.29, 1.82) is 0 Å². The van der Waals surface area contributed by atoms with E-state index in [1.807, 2.05) is 25.1 Å². The number of carboxylic acid groups (broad SMARTS) is 1. The Bertz CT molecular complexity index is 852. The van der Waals surface area contributed by atoms with Gasteiger partial charge in [0.1, 0.15) is 17.8 Å². The number of hydrogen-bond acceptors (Lipinski definition) is 5. The lowest BCUT2D eigenvalue weighted by Crippen LogP contribution is -2.40. The number of aromatic nitrogens is 1. The number of aliphatic carboxylic acids is 1. The number of rotatable bonds is 7. The minimum atomic E-state index is -1.04. The topological polar surface area (TPSA) is 89.0 Å². The second-order valence-electron chi connectivity index (χ2n) is 7.12. The van der Waals surface area contributed by atoms with Crippen molar-refractivity contribution < 1.29 is 24.2 Å². The van der Waals surface area contributed by atoms with Crippen LogP contribution in [0, 0.1) is 12.3 Å². The minimum absolute atomic E-state index is 0.0879. The zero-order valence-electron chi connectivity index (χ0n) is 16.1. The van der Waals surface area contributed by atoms with Crippen molar-refractivity contribution in [1.82, 2.24) is 9.88 Å². The largest absolute Gasteiger partial charge is 0.487 e. The van der Waals surface area contributed by atoms with E-state index in [9.17, 15) is 14.7 Å². The normalized spacial score (nSPS) is 18.9. The molecule has 3 rings (SSSR count). The van der Waals surface area contributed by atoms with Crippen LogP contribution in [0.3, 0.4) is 0 Å². The summed E-state index contributed by atoms with van der Waals surface area (Å²) in [4.78, 5) is 30.3. The fourth-order valence-electron chi connectivity index (χ4n) is 3.36. The van der Waals surface area contributed by atoms with E-state index in [1.165, 1.54) is 7.11 Å². The molecule has 1 aliphatic heterocycles. The standard InChI is InChI=1S/C21H24N2O5/c1-15-6-7-18(11-22-15)28-12-16-4-3-5-17(10-16)19(24)23-9-8-21(13-23,14-27-2)20(25)26/h3-7,10-11H,8-9,12-14H2,1-2H3,(H,25,26). The Hall–Kier alpha value is -2.93. The third-order valence-corrected chi connectivity index (χ3v) is 4.98. The maximum absolute atomic E-state index is 12.9. The van der Waals surface area contributed by atoms with E-state index in [1.54, 1.807) is 29.3 Å². The van der Waals surface area contributed by atoms with E-state index in [4.69, 9.17) is 9.47 Å². The molecule has 1 fully saturated rings. The molecule has 2 heterocycles. The molecule has 1 saturated heterocycles. The molecule has 1 aromatic carbocycles. The van der Waals surface area contributed by atoms with E-state index in [-0.39, 0.29) is 19.1 Å². The van der Waals surface area contributed by atoms with Gasteiger partial charge in [0.25, 0.3) is 5.91 Å². The Labute approximate surface area is 163 Å². The molecule has 0 aliphatic carbocycles. The van der Waals surface area contributed by atoms with Gasteiger partial charge in [0.2, 0.25) is 0 Å². The highest BCUT2D eigenvalue weighted by Gasteiger charge is 2.46. The SMILES string of the molecule is COCC1(C(=O)O)CCN(C(=O)c2cccc(COc3ccc(C)nc3)c2)C1. The highest BCUT2D eigenvalue weighted by atomic mass is 16.5. The number of aryl methyl sites for hydroxylation is 1. The van der Waals surface area contributed by atoms with Crippen LogP contribution in [0.1, 0.15) is 28.0 Å². The van der Waals surface area contributed by atoms with Gasteiger partial charge in [-0.3, -0.25) is 14.6 Å². The van der Waals surface area contributed by atoms with Crippen LogP contribution in [0.4, 0.5) is 0 Å². The van der Waals surface area contributed by atoms with Crippen LogP contribution in [0.25, 0.3) is 0 Å². The fourth-order valence-corrected chi connectivity index (χ4v) is 3.36. The molecular formula is C21H24N2O5. The minimum Gasteiger partial charge on any atom is -0.487 e. The number of carbonyl (C=O) groups is 2. The van der Waals surface area contributed by atoms with Gasteiger partial charge in [-0.05, 0) is 43.2 Å². The predicted molar refractivity (Wildman–Crippen MR) is 102 cm³/mol. The van der Waals surface area contributed by atoms with Crippen LogP contribution in [0.5, 0.6) is 5.75 Å². The number of hydrogen-bond donors (Lipinski definition) is 1. The van der Waals surface area contributed by atoms with E-state index in [0.717, 1.165) is 11.3 Å². The molecule has 148 valence electrons. The molecule has 0 bridgehead atoms. The summed E-state index contributed by atoms with van der Waals surface area (Å²) in [6.07, 6.45) is 2.04. The molecule has 1 N–H and O–H groups in total. The lowest BCUT2D eigenvalue weighted by atomic mass is 9.88. The summed E-state index contributed by atoms with van der Waals surface area (Å²) in [5, 5.41) is 9.56. The zero-order chi connectivity index (χ0) is 20.1. The number of carboxylic acids is 1. The molecule has 1 aliphatic rings. The summed E-state index contributed by atoms with van der Waals surface area (Å²) >= 11 is 0. The van der Waals surface area contributed by atoms with Gasteiger partial charge in [0.05, 0.1) is 12.8 Å². The Morgan fingerprint density at radius 1 is 1.29 bits per heavy atom. The molecule has 0 spiro atoms. The van der Waals surface area contributed by atoms with E-state index >= 15 is 0 Å². The van der Waals surface area contributed by atoms with Gasteiger partial charge < -0.3 is 19.5 Å². The third kappa shape index (κ3) is 4.31. The number of benzene rings is 1. The number of amides is 1. The number of methoxy groups -OCH3 is 1. The molecule has 7 heteroatoms. The predicted octanol–water partition coefficient (Wildman–Crippen LogP) is 2.53. The summed E-state index contributed by atoms with van der Waals surface area (Å²) in [5.74, 6) is -0.454. The maximum Gasteiger partial charge on any atom is 0.313 e. The van der Waals surface area contributed by atoms with Crippen LogP contribution >= 0.6 is 0 Å². The van der Waals surface area contributed by atoms with Crippen LogP contribution in [0.15, 0.2) is 42.6 Å². The van der Waals surface area contributed by atoms with Crippen LogP contribution in [-0.2, 0) is 16.1 Å². The first-order valence-corrected chi connectivity index (χ1v) is 9.09. The van der Waals surface area contributed by atoms with Gasteiger partial charge in [0, 0.05) is 31.5 Å². The van der Waals surface area contributed by atoms with Crippen LogP contribution in [0.2, 0.25) is 0 Å². The molecule has 0 saturated carbocycles. The van der Waals surface area contributed by atoms with E-state index in [0.29, 0.717) is 30.9 Å². The molecule has 0 radical (unpaired) electrons. The number of pyridine rings is 1. The summed E-state index contributed by atoms with van der Waals surface area (Å²) in [6, 6.07) is 10.9. The van der Waals surface area contributed by atoms with Crippen molar-refractivity contribution in [2.45, 2.75) is 20.0 Å². The van der Waals surface area contributed by atoms with Gasteiger partial charge in [-0.2, -0.15) is 0 Å². The second kappa shape index (κ2) is 8.39. The molecule has 1 amide bonds. The average molecular weight is 384 g/mol. The van der Waals surface area contributed by atoms with E-state index in [2.05, 4.69) is 4.98 Å². The van der Waals surface area contributed by atoms with Gasteiger partial charge in [-0.25, -0.2) is 0 Å². The number of nitrogens with zero attached hydrogens (tertiary/aromatic N) is 2. The quantitative estimate of drug-likeness (QED) is 0.789. The van der Waals surface area contributed by atoms with Crippen molar-refractivity contribution in [3.8, 4) is 5.75 Å². The molecule has 28 heavy (non-hydrogen) atoms. The smallest absolute Gasteiger partial charge is 0.313 e. The molecule has 7 nitrogen and oxygen atoms in total. The monoisotopic (exact) mass is 384 g/mol. The molecular weight excluding hydrogens is 360 g/mol. The highest BCUT2D eigenvalue weighted by molar-refractivity contribution is 5.95. The van der Waals surface area contributed by atoms with Gasteiger partial charge in [-0.1, -0.05) is 12.1 Å². The summed E-state index contributed by atoms with van der Waals surface area (Å²) in [5.41, 5.74) is 1.24. The lowest BCUT2D eigenvalue weighted by molar-refractivity contribution is -0.151. The molecule has 1 aromatic heterocycles. The van der Waals surface area contributed by atoms with Crippen molar-refractivity contribution in [3.05, 3.63) is 59.4 Å². The first-order chi connectivity index (χ1) is 13.4. The molecule has 2 aromatic rings. The Balaban J connectivity index is 1.67. The van der Waals surface area contributed by atoms with Gasteiger partial charge in [0.15, 0.2) is 0 Å². The first-order valence-electron chi connectivity index (χ1n) is 9.09. The van der Waals surface area contributed by atoms with Crippen LogP contribution < -0.4 is 4.74 Å². The Kier molecular flexibility index (Phi) is 5.94. The lowest BCUT2D eigenvalue weighted by Gasteiger charge is -2.24. The first kappa shape index (κ1) is 19.8. The van der Waals surface area contributed by atoms with E-state index < -0.39 is 11.4 Å². The van der Waals surface area contributed by atoms with Crippen molar-refractivity contribution in [2.75, 3.05) is 26.8 Å². The maximum atomic E-state index is 12.9. The van der Waals surface area contributed by atoms with Crippen molar-refractivity contribution in [2.24, 2.45) is 5.41 Å². The second-order valence-corrected chi connectivity index (χ2v) is 7.12. The van der Waals surface area contributed by atoms with Crippen molar-refractivity contribution >= 4 is 11.9 Å². The Morgan fingerprint density at radius 3 is 2.79 bits per heavy atom. The number of likely N-dealkylation sites (tertiary alicyclic amines) is 1. The zero-order valence-corrected chi connectivity index (χ0v) is 16.1. The summed E-state index contributed by atoms with van der Waals surface area (Å²) in [6.45, 7) is 2.84. The fraction of sp³-hybridized carbons (Fsp3) is 0.381. The van der Waals surface area contributed by atoms with Crippen LogP contribution in [-0.4, -0.2) is 53.7 Å². The summed E-state index contributed by atoms with van der Waals surface area (Å²) in [7, 11) is 1.47. The highest BCUT2D eigenvalue weighted by Crippen LogP contribution is 2.32. The van der Waals surface area contributed by atoms with Gasteiger partial charge >= 0.3 is 5.97 Å². The third-order valence-electron chi connectivity index (χ3n) is 4.98. The molecule has 1 atom stereocenters. The number of ether oxygens (including phenoxy) is 2. The summed E-state index contributed by atoms with van der Waals surface area (Å²) < 4.78 is 10.8. The number of carbonyl (C=O) groups excluding carboxylic acids is 1. The average Bonchev–Trinajstić information content (AvgIpc) is 3.13. The van der Waals surface area contributed by atoms with Gasteiger partial charge in [-0.15, -0.1) is 0 Å². The van der Waals surface area contributed by atoms with Crippen molar-refractivity contribution in [3.63, 3.8) is 0 Å². The molecule has 1 unspecified atom stereocenters. The Morgan fingerprint density at radius 2 is 2.11 bits per heavy atom.